The van der Waals surface area contributed by atoms with E-state index in [-0.39, 0.29) is 17.8 Å². The fraction of sp³-hybridized carbons (Fsp3) is 0.312. The molecule has 3 rings (SSSR count). The average molecular weight is 290 g/mol. The predicted octanol–water partition coefficient (Wildman–Crippen LogP) is 3.09. The van der Waals surface area contributed by atoms with Gasteiger partial charge in [-0.2, -0.15) is 0 Å². The molecule has 1 aliphatic heterocycles. The normalized spacial score (nSPS) is 19.4. The molecule has 0 amide bonds. The van der Waals surface area contributed by atoms with Crippen molar-refractivity contribution in [2.24, 2.45) is 5.92 Å². The van der Waals surface area contributed by atoms with Crippen LogP contribution in [-0.2, 0) is 0 Å². The number of pyridine rings is 1. The van der Waals surface area contributed by atoms with Gasteiger partial charge in [0, 0.05) is 36.5 Å². The fourth-order valence-corrected chi connectivity index (χ4v) is 2.62. The van der Waals surface area contributed by atoms with Gasteiger partial charge in [-0.1, -0.05) is 6.07 Å². The molecule has 2 heterocycles. The van der Waals surface area contributed by atoms with Gasteiger partial charge in [0.15, 0.2) is 11.6 Å². The molecule has 3 nitrogen and oxygen atoms in total. The van der Waals surface area contributed by atoms with E-state index in [0.29, 0.717) is 0 Å². The molecule has 1 aliphatic rings. The van der Waals surface area contributed by atoms with Crippen molar-refractivity contribution in [2.75, 3.05) is 13.1 Å². The quantitative estimate of drug-likeness (QED) is 0.939. The Hall–Kier alpha value is -2.01. The minimum absolute atomic E-state index is 0.0668. The van der Waals surface area contributed by atoms with Gasteiger partial charge in [0.05, 0.1) is 0 Å². The summed E-state index contributed by atoms with van der Waals surface area (Å²) in [6.07, 6.45) is 4.06. The van der Waals surface area contributed by atoms with Gasteiger partial charge in [0.25, 0.3) is 0 Å². The standard InChI is InChI=1S/C16H16F2N2O/c17-13-3-4-15(14(18)8-13)21-16(12-5-7-20-10-12)11-2-1-6-19-9-11/h1-4,6,8-9,12,16,20H,5,7,10H2/t12?,16-/m1/s1. The summed E-state index contributed by atoms with van der Waals surface area (Å²) in [6, 6.07) is 7.11. The summed E-state index contributed by atoms with van der Waals surface area (Å²) in [5.74, 6) is -0.994. The van der Waals surface area contributed by atoms with Gasteiger partial charge in [0.1, 0.15) is 11.9 Å². The summed E-state index contributed by atoms with van der Waals surface area (Å²) in [6.45, 7) is 1.72. The third-order valence-corrected chi connectivity index (χ3v) is 3.69. The Bertz CT molecular complexity index is 600. The first-order valence-electron chi connectivity index (χ1n) is 6.96. The zero-order valence-electron chi connectivity index (χ0n) is 11.4. The molecule has 21 heavy (non-hydrogen) atoms. The smallest absolute Gasteiger partial charge is 0.168 e. The lowest BCUT2D eigenvalue weighted by Crippen LogP contribution is -2.22. The zero-order chi connectivity index (χ0) is 14.7. The van der Waals surface area contributed by atoms with Crippen molar-refractivity contribution < 1.29 is 13.5 Å². The van der Waals surface area contributed by atoms with Crippen LogP contribution >= 0.6 is 0 Å². The third kappa shape index (κ3) is 3.19. The van der Waals surface area contributed by atoms with E-state index in [9.17, 15) is 8.78 Å². The monoisotopic (exact) mass is 290 g/mol. The van der Waals surface area contributed by atoms with Crippen LogP contribution < -0.4 is 10.1 Å². The van der Waals surface area contributed by atoms with Crippen LogP contribution in [0.25, 0.3) is 0 Å². The first-order chi connectivity index (χ1) is 10.2. The number of halogens is 2. The molecule has 1 unspecified atom stereocenters. The van der Waals surface area contributed by atoms with Crippen LogP contribution in [0.15, 0.2) is 42.7 Å². The molecule has 1 N–H and O–H groups in total. The Morgan fingerprint density at radius 1 is 1.29 bits per heavy atom. The van der Waals surface area contributed by atoms with E-state index >= 15 is 0 Å². The highest BCUT2D eigenvalue weighted by Crippen LogP contribution is 2.32. The molecule has 1 aromatic heterocycles. The van der Waals surface area contributed by atoms with E-state index in [1.807, 2.05) is 12.1 Å². The molecule has 1 saturated heterocycles. The van der Waals surface area contributed by atoms with E-state index in [1.165, 1.54) is 12.1 Å². The summed E-state index contributed by atoms with van der Waals surface area (Å²) < 4.78 is 32.7. The fourth-order valence-electron chi connectivity index (χ4n) is 2.62. The summed E-state index contributed by atoms with van der Waals surface area (Å²) in [5.41, 5.74) is 0.898. The molecule has 2 aromatic rings. The second kappa shape index (κ2) is 6.18. The number of hydrogen-bond acceptors (Lipinski definition) is 3. The molecule has 110 valence electrons. The SMILES string of the molecule is Fc1ccc(O[C@H](c2cccnc2)C2CCNC2)c(F)c1. The Morgan fingerprint density at radius 3 is 2.86 bits per heavy atom. The van der Waals surface area contributed by atoms with Gasteiger partial charge in [-0.3, -0.25) is 4.98 Å². The van der Waals surface area contributed by atoms with Crippen LogP contribution in [0.4, 0.5) is 8.78 Å². The van der Waals surface area contributed by atoms with E-state index in [4.69, 9.17) is 4.74 Å². The topological polar surface area (TPSA) is 34.1 Å². The Morgan fingerprint density at radius 2 is 2.19 bits per heavy atom. The maximum absolute atomic E-state index is 13.8. The van der Waals surface area contributed by atoms with Gasteiger partial charge in [-0.15, -0.1) is 0 Å². The van der Waals surface area contributed by atoms with Crippen LogP contribution in [0, 0.1) is 17.6 Å². The van der Waals surface area contributed by atoms with Crippen LogP contribution in [-0.4, -0.2) is 18.1 Å². The highest BCUT2D eigenvalue weighted by Gasteiger charge is 2.29. The molecule has 1 fully saturated rings. The van der Waals surface area contributed by atoms with Crippen molar-refractivity contribution in [3.8, 4) is 5.75 Å². The number of aromatic nitrogens is 1. The molecule has 0 saturated carbocycles. The molecule has 1 aromatic carbocycles. The number of ether oxygens (including phenoxy) is 1. The van der Waals surface area contributed by atoms with E-state index in [2.05, 4.69) is 10.3 Å². The van der Waals surface area contributed by atoms with Gasteiger partial charge in [-0.25, -0.2) is 8.78 Å². The number of hydrogen-bond donors (Lipinski definition) is 1. The zero-order valence-corrected chi connectivity index (χ0v) is 11.4. The summed E-state index contributed by atoms with van der Waals surface area (Å²) in [5, 5.41) is 3.28. The van der Waals surface area contributed by atoms with Crippen molar-refractivity contribution in [1.82, 2.24) is 10.3 Å². The maximum Gasteiger partial charge on any atom is 0.168 e. The lowest BCUT2D eigenvalue weighted by atomic mass is 9.96. The number of nitrogens with one attached hydrogen (secondary N) is 1. The lowest BCUT2D eigenvalue weighted by molar-refractivity contribution is 0.137. The second-order valence-electron chi connectivity index (χ2n) is 5.15. The molecular weight excluding hydrogens is 274 g/mol. The van der Waals surface area contributed by atoms with Crippen molar-refractivity contribution in [3.63, 3.8) is 0 Å². The molecule has 0 spiro atoms. The molecule has 2 atom stereocenters. The first-order valence-corrected chi connectivity index (χ1v) is 6.96. The van der Waals surface area contributed by atoms with Gasteiger partial charge in [-0.05, 0) is 31.2 Å². The predicted molar refractivity (Wildman–Crippen MR) is 74.9 cm³/mol. The summed E-state index contributed by atoms with van der Waals surface area (Å²) >= 11 is 0. The highest BCUT2D eigenvalue weighted by molar-refractivity contribution is 5.26. The van der Waals surface area contributed by atoms with Crippen LogP contribution in [0.1, 0.15) is 18.1 Å². The van der Waals surface area contributed by atoms with Gasteiger partial charge >= 0.3 is 0 Å². The third-order valence-electron chi connectivity index (χ3n) is 3.69. The van der Waals surface area contributed by atoms with E-state index in [1.54, 1.807) is 12.4 Å². The summed E-state index contributed by atoms with van der Waals surface area (Å²) in [7, 11) is 0. The molecule has 0 bridgehead atoms. The number of nitrogens with zero attached hydrogens (tertiary/aromatic N) is 1. The highest BCUT2D eigenvalue weighted by atomic mass is 19.1. The Balaban J connectivity index is 1.88. The largest absolute Gasteiger partial charge is 0.482 e. The average Bonchev–Trinajstić information content (AvgIpc) is 3.01. The van der Waals surface area contributed by atoms with E-state index < -0.39 is 11.6 Å². The maximum atomic E-state index is 13.8. The summed E-state index contributed by atoms with van der Waals surface area (Å²) in [4.78, 5) is 4.10. The van der Waals surface area contributed by atoms with Crippen molar-refractivity contribution in [2.45, 2.75) is 12.5 Å². The lowest BCUT2D eigenvalue weighted by Gasteiger charge is -2.24. The van der Waals surface area contributed by atoms with Crippen LogP contribution in [0.3, 0.4) is 0 Å². The Kier molecular flexibility index (Phi) is 4.10. The molecule has 5 heteroatoms. The van der Waals surface area contributed by atoms with Crippen molar-refractivity contribution >= 4 is 0 Å². The van der Waals surface area contributed by atoms with Crippen molar-refractivity contribution in [1.29, 1.82) is 0 Å². The van der Waals surface area contributed by atoms with Crippen molar-refractivity contribution in [3.05, 3.63) is 59.9 Å². The van der Waals surface area contributed by atoms with Crippen LogP contribution in [0.2, 0.25) is 0 Å². The second-order valence-corrected chi connectivity index (χ2v) is 5.15. The van der Waals surface area contributed by atoms with Gasteiger partial charge in [0.2, 0.25) is 0 Å². The first kappa shape index (κ1) is 13.9. The Labute approximate surface area is 122 Å². The minimum atomic E-state index is -0.685. The minimum Gasteiger partial charge on any atom is -0.482 e. The van der Waals surface area contributed by atoms with E-state index in [0.717, 1.165) is 31.1 Å². The molecule has 0 aliphatic carbocycles. The van der Waals surface area contributed by atoms with Crippen LogP contribution in [0.5, 0.6) is 5.75 Å². The number of benzene rings is 1. The van der Waals surface area contributed by atoms with Gasteiger partial charge < -0.3 is 10.1 Å². The number of rotatable bonds is 4. The molecule has 0 radical (unpaired) electrons. The molecular formula is C16H16F2N2O.